The fraction of sp³-hybridized carbons (Fsp3) is 0.222. The molecular weight excluding hydrogens is 505 g/mol. The first kappa shape index (κ1) is 19.6. The van der Waals surface area contributed by atoms with Crippen molar-refractivity contribution < 1.29 is 4.92 Å². The van der Waals surface area contributed by atoms with E-state index in [0.29, 0.717) is 17.9 Å². The number of halogens is 1. The van der Waals surface area contributed by atoms with Crippen LogP contribution in [0, 0.1) is 21.3 Å². The summed E-state index contributed by atoms with van der Waals surface area (Å²) in [6, 6.07) is 4.91. The maximum absolute atomic E-state index is 11.0. The van der Waals surface area contributed by atoms with Crippen LogP contribution in [0.5, 0.6) is 0 Å². The van der Waals surface area contributed by atoms with Gasteiger partial charge in [-0.05, 0) is 26.7 Å². The van der Waals surface area contributed by atoms with Crippen molar-refractivity contribution in [1.82, 2.24) is 20.2 Å². The highest BCUT2D eigenvalue weighted by atomic mass is 127. The SMILES string of the molecule is O=[N+]([O-])c1ccc2c(N3CC[C@@H](Nc4ncc(C#CSI)cn4)C3)nncc2c1. The molecule has 3 aromatic rings. The minimum Gasteiger partial charge on any atom is -0.352 e. The Morgan fingerprint density at radius 2 is 2.14 bits per heavy atom. The van der Waals surface area contributed by atoms with Crippen LogP contribution in [0.4, 0.5) is 17.5 Å². The lowest BCUT2D eigenvalue weighted by Crippen LogP contribution is -2.27. The van der Waals surface area contributed by atoms with Gasteiger partial charge < -0.3 is 10.2 Å². The maximum atomic E-state index is 11.0. The molecule has 146 valence electrons. The Bertz CT molecular complexity index is 1120. The minimum atomic E-state index is -0.410. The highest BCUT2D eigenvalue weighted by Gasteiger charge is 2.26. The van der Waals surface area contributed by atoms with Crippen LogP contribution >= 0.6 is 30.1 Å². The van der Waals surface area contributed by atoms with Gasteiger partial charge in [-0.2, -0.15) is 5.10 Å². The summed E-state index contributed by atoms with van der Waals surface area (Å²) < 4.78 is 0. The first-order valence-corrected chi connectivity index (χ1v) is 12.0. The summed E-state index contributed by atoms with van der Waals surface area (Å²) in [5.74, 6) is 4.24. The molecule has 0 unspecified atom stereocenters. The number of non-ortho nitro benzene ring substituents is 1. The van der Waals surface area contributed by atoms with Crippen molar-refractivity contribution in [2.24, 2.45) is 0 Å². The lowest BCUT2D eigenvalue weighted by Gasteiger charge is -2.19. The van der Waals surface area contributed by atoms with Gasteiger partial charge in [0.15, 0.2) is 5.82 Å². The van der Waals surface area contributed by atoms with Gasteiger partial charge in [0.05, 0.1) is 16.7 Å². The van der Waals surface area contributed by atoms with Gasteiger partial charge in [-0.25, -0.2) is 9.97 Å². The zero-order valence-electron chi connectivity index (χ0n) is 14.9. The first-order valence-electron chi connectivity index (χ1n) is 8.66. The third-order valence-corrected chi connectivity index (χ3v) is 5.38. The van der Waals surface area contributed by atoms with Crippen molar-refractivity contribution in [1.29, 1.82) is 0 Å². The topological polar surface area (TPSA) is 110 Å². The highest BCUT2D eigenvalue weighted by molar-refractivity contribution is 14.2. The Hall–Kier alpha value is -2.72. The van der Waals surface area contributed by atoms with Crippen LogP contribution in [-0.2, 0) is 0 Å². The Kier molecular flexibility index (Phi) is 5.91. The van der Waals surface area contributed by atoms with Gasteiger partial charge in [0.1, 0.15) is 0 Å². The first-order chi connectivity index (χ1) is 14.1. The van der Waals surface area contributed by atoms with Gasteiger partial charge >= 0.3 is 0 Å². The number of rotatable bonds is 4. The van der Waals surface area contributed by atoms with E-state index in [0.717, 1.165) is 29.7 Å². The van der Waals surface area contributed by atoms with Crippen LogP contribution in [0.3, 0.4) is 0 Å². The zero-order valence-corrected chi connectivity index (χ0v) is 17.9. The summed E-state index contributed by atoms with van der Waals surface area (Å²) >= 11 is 2.12. The number of hydrogen-bond acceptors (Lipinski definition) is 9. The summed E-state index contributed by atoms with van der Waals surface area (Å²) in [5.41, 5.74) is 0.813. The number of anilines is 2. The van der Waals surface area contributed by atoms with Crippen molar-refractivity contribution in [3.8, 4) is 11.2 Å². The van der Waals surface area contributed by atoms with E-state index in [4.69, 9.17) is 0 Å². The van der Waals surface area contributed by atoms with Crippen molar-refractivity contribution in [3.05, 3.63) is 52.5 Å². The second-order valence-corrected chi connectivity index (χ2v) is 8.05. The van der Waals surface area contributed by atoms with Crippen molar-refractivity contribution in [2.75, 3.05) is 23.3 Å². The molecule has 1 aromatic carbocycles. The predicted octanol–water partition coefficient (Wildman–Crippen LogP) is 3.41. The molecule has 0 bridgehead atoms. The number of aromatic nitrogens is 4. The van der Waals surface area contributed by atoms with Gasteiger partial charge in [0.25, 0.3) is 5.69 Å². The average Bonchev–Trinajstić information content (AvgIpc) is 3.20. The molecule has 1 atom stereocenters. The third kappa shape index (κ3) is 4.48. The van der Waals surface area contributed by atoms with Crippen molar-refractivity contribution >= 4 is 58.4 Å². The van der Waals surface area contributed by atoms with Crippen LogP contribution in [-0.4, -0.2) is 44.2 Å². The second kappa shape index (κ2) is 8.75. The molecule has 0 spiro atoms. The summed E-state index contributed by atoms with van der Waals surface area (Å²) in [7, 11) is 1.42. The quantitative estimate of drug-likeness (QED) is 0.240. The number of hydrogen-bond donors (Lipinski definition) is 1. The molecule has 1 aliphatic heterocycles. The molecule has 1 aliphatic rings. The van der Waals surface area contributed by atoms with E-state index < -0.39 is 4.92 Å². The number of fused-ring (bicyclic) bond motifs is 1. The van der Waals surface area contributed by atoms with Crippen LogP contribution in [0.15, 0.2) is 36.8 Å². The lowest BCUT2D eigenvalue weighted by atomic mass is 10.1. The lowest BCUT2D eigenvalue weighted by molar-refractivity contribution is -0.384. The summed E-state index contributed by atoms with van der Waals surface area (Å²) in [5, 5.41) is 27.1. The fourth-order valence-electron chi connectivity index (χ4n) is 3.21. The molecule has 1 N–H and O–H groups in total. The van der Waals surface area contributed by atoms with Crippen LogP contribution < -0.4 is 10.2 Å². The smallest absolute Gasteiger partial charge is 0.270 e. The van der Waals surface area contributed by atoms with E-state index in [-0.39, 0.29) is 11.7 Å². The normalized spacial score (nSPS) is 15.8. The van der Waals surface area contributed by atoms with Crippen LogP contribution in [0.2, 0.25) is 0 Å². The summed E-state index contributed by atoms with van der Waals surface area (Å²) in [4.78, 5) is 21.4. The van der Waals surface area contributed by atoms with E-state index in [1.165, 1.54) is 21.1 Å². The van der Waals surface area contributed by atoms with E-state index in [1.54, 1.807) is 24.7 Å². The van der Waals surface area contributed by atoms with Crippen LogP contribution in [0.25, 0.3) is 10.8 Å². The van der Waals surface area contributed by atoms with Crippen molar-refractivity contribution in [2.45, 2.75) is 12.5 Å². The highest BCUT2D eigenvalue weighted by Crippen LogP contribution is 2.29. The Balaban J connectivity index is 1.48. The van der Waals surface area contributed by atoms with E-state index >= 15 is 0 Å². The van der Waals surface area contributed by atoms with Gasteiger partial charge in [-0.1, -0.05) is 5.92 Å². The largest absolute Gasteiger partial charge is 0.352 e. The molecule has 0 amide bonds. The van der Waals surface area contributed by atoms with E-state index in [1.807, 2.05) is 0 Å². The molecule has 9 nitrogen and oxygen atoms in total. The Labute approximate surface area is 182 Å². The molecule has 0 radical (unpaired) electrons. The number of benzene rings is 1. The van der Waals surface area contributed by atoms with Gasteiger partial charge in [0, 0.05) is 75.6 Å². The van der Waals surface area contributed by atoms with Gasteiger partial charge in [-0.3, -0.25) is 10.1 Å². The number of nitrogens with zero attached hydrogens (tertiary/aromatic N) is 6. The second-order valence-electron chi connectivity index (χ2n) is 6.37. The molecule has 1 fully saturated rings. The predicted molar refractivity (Wildman–Crippen MR) is 121 cm³/mol. The molecule has 3 heterocycles. The van der Waals surface area contributed by atoms with Gasteiger partial charge in [0.2, 0.25) is 5.95 Å². The third-order valence-electron chi connectivity index (χ3n) is 4.54. The number of nitro groups is 1. The number of nitro benzene ring substituents is 1. The van der Waals surface area contributed by atoms with Crippen LogP contribution in [0.1, 0.15) is 12.0 Å². The molecular formula is C18H14IN7O2S. The summed E-state index contributed by atoms with van der Waals surface area (Å²) in [6.07, 6.45) is 5.84. The number of nitrogens with one attached hydrogen (secondary N) is 1. The molecule has 2 aromatic heterocycles. The minimum absolute atomic E-state index is 0.0415. The molecule has 1 saturated heterocycles. The Morgan fingerprint density at radius 3 is 2.90 bits per heavy atom. The standard InChI is InChI=1S/C18H14IN7O2S/c19-29-6-4-12-8-20-18(21-9-12)23-14-3-5-25(11-14)17-16-2-1-15(26(27)28)7-13(16)10-22-24-17/h1-2,7-10,14H,3,5,11H2,(H,20,21,23)/t14-/m1/s1. The zero-order chi connectivity index (χ0) is 20.2. The van der Waals surface area contributed by atoms with E-state index in [9.17, 15) is 10.1 Å². The molecule has 11 heteroatoms. The van der Waals surface area contributed by atoms with Crippen molar-refractivity contribution in [3.63, 3.8) is 0 Å². The van der Waals surface area contributed by atoms with E-state index in [2.05, 4.69) is 62.8 Å². The van der Waals surface area contributed by atoms with Gasteiger partial charge in [-0.15, -0.1) is 5.10 Å². The molecule has 0 aliphatic carbocycles. The summed E-state index contributed by atoms with van der Waals surface area (Å²) in [6.45, 7) is 1.50. The monoisotopic (exact) mass is 519 g/mol. The average molecular weight is 519 g/mol. The molecule has 4 rings (SSSR count). The Morgan fingerprint density at radius 1 is 1.31 bits per heavy atom. The molecule has 0 saturated carbocycles. The fourth-order valence-corrected chi connectivity index (χ4v) is 3.69. The maximum Gasteiger partial charge on any atom is 0.270 e. The molecule has 29 heavy (non-hydrogen) atoms.